The number of rotatable bonds is 11. The maximum Gasteiger partial charge on any atom is 0.247 e. The summed E-state index contributed by atoms with van der Waals surface area (Å²) in [5.41, 5.74) is 9.62. The van der Waals surface area contributed by atoms with Crippen LogP contribution in [0.1, 0.15) is 28.3 Å². The number of hydrogen-bond acceptors (Lipinski definition) is 5. The van der Waals surface area contributed by atoms with Crippen molar-refractivity contribution in [2.45, 2.75) is 19.2 Å². The second-order valence-corrected chi connectivity index (χ2v) is 8.49. The van der Waals surface area contributed by atoms with Crippen molar-refractivity contribution in [3.05, 3.63) is 125 Å². The van der Waals surface area contributed by atoms with E-state index in [0.717, 1.165) is 11.1 Å². The summed E-state index contributed by atoms with van der Waals surface area (Å²) in [6.07, 6.45) is 0. The Bertz CT molecular complexity index is 1330. The average Bonchev–Trinajstić information content (AvgIpc) is 2.94. The van der Waals surface area contributed by atoms with Crippen molar-refractivity contribution in [3.63, 3.8) is 0 Å². The zero-order chi connectivity index (χ0) is 26.0. The van der Waals surface area contributed by atoms with Gasteiger partial charge in [-0.15, -0.1) is 0 Å². The highest BCUT2D eigenvalue weighted by molar-refractivity contribution is 5.95. The van der Waals surface area contributed by atoms with Gasteiger partial charge >= 0.3 is 0 Å². The number of nitrogens with one attached hydrogen (secondary N) is 3. The lowest BCUT2D eigenvalue weighted by Gasteiger charge is -2.22. The summed E-state index contributed by atoms with van der Waals surface area (Å²) >= 11 is 0. The Labute approximate surface area is 216 Å². The fraction of sp³-hybridized carbons (Fsp3) is 0.133. The SMILES string of the molecule is COc1cc(OCc2ccccc2)cc([C@@H](Nc2ccc(C(=N)N)cc2)C(=O)NCc2ccccc2)c1. The standard InChI is InChI=1S/C30H30N4O3/c1-36-26-16-24(17-27(18-26)37-20-22-10-6-3-7-11-22)28(30(35)33-19-21-8-4-2-5-9-21)34-25-14-12-23(13-15-25)29(31)32/h2-18,28,34H,19-20H2,1H3,(H3,31,32)(H,33,35)/t28-/m1/s1. The highest BCUT2D eigenvalue weighted by Gasteiger charge is 2.22. The van der Waals surface area contributed by atoms with E-state index in [0.29, 0.717) is 41.5 Å². The van der Waals surface area contributed by atoms with Crippen LogP contribution in [-0.4, -0.2) is 18.9 Å². The predicted octanol–water partition coefficient (Wildman–Crippen LogP) is 5.03. The van der Waals surface area contributed by atoms with Gasteiger partial charge < -0.3 is 25.8 Å². The molecule has 4 aromatic carbocycles. The lowest BCUT2D eigenvalue weighted by molar-refractivity contribution is -0.122. The van der Waals surface area contributed by atoms with Gasteiger partial charge in [-0.05, 0) is 53.1 Å². The molecule has 0 aliphatic heterocycles. The summed E-state index contributed by atoms with van der Waals surface area (Å²) in [7, 11) is 1.58. The molecule has 0 saturated heterocycles. The number of methoxy groups -OCH3 is 1. The van der Waals surface area contributed by atoms with Crippen LogP contribution in [0.3, 0.4) is 0 Å². The van der Waals surface area contributed by atoms with Crippen LogP contribution in [0.25, 0.3) is 0 Å². The lowest BCUT2D eigenvalue weighted by atomic mass is 10.0. The zero-order valence-corrected chi connectivity index (χ0v) is 20.6. The lowest BCUT2D eigenvalue weighted by Crippen LogP contribution is -2.33. The van der Waals surface area contributed by atoms with Gasteiger partial charge in [-0.2, -0.15) is 0 Å². The van der Waals surface area contributed by atoms with E-state index in [2.05, 4.69) is 10.6 Å². The largest absolute Gasteiger partial charge is 0.497 e. The number of carbonyl (C=O) groups is 1. The first-order chi connectivity index (χ1) is 18.0. The molecule has 0 fully saturated rings. The second kappa shape index (κ2) is 12.3. The van der Waals surface area contributed by atoms with E-state index in [9.17, 15) is 4.79 Å². The Morgan fingerprint density at radius 1 is 0.865 bits per heavy atom. The Kier molecular flexibility index (Phi) is 8.39. The third-order valence-corrected chi connectivity index (χ3v) is 5.80. The third-order valence-electron chi connectivity index (χ3n) is 5.80. The topological polar surface area (TPSA) is 109 Å². The van der Waals surface area contributed by atoms with Crippen molar-refractivity contribution in [1.82, 2.24) is 5.32 Å². The number of nitrogen functional groups attached to an aromatic ring is 1. The molecule has 4 aromatic rings. The number of benzene rings is 4. The molecule has 0 aliphatic rings. The molecule has 1 atom stereocenters. The third kappa shape index (κ3) is 7.11. The first-order valence-electron chi connectivity index (χ1n) is 11.9. The van der Waals surface area contributed by atoms with Gasteiger partial charge in [0.15, 0.2) is 0 Å². The first-order valence-corrected chi connectivity index (χ1v) is 11.9. The molecule has 0 aromatic heterocycles. The Balaban J connectivity index is 1.61. The number of ether oxygens (including phenoxy) is 2. The van der Waals surface area contributed by atoms with Crippen molar-refractivity contribution in [2.24, 2.45) is 5.73 Å². The van der Waals surface area contributed by atoms with Crippen LogP contribution in [0, 0.1) is 5.41 Å². The molecule has 0 aliphatic carbocycles. The van der Waals surface area contributed by atoms with Gasteiger partial charge in [-0.1, -0.05) is 60.7 Å². The first kappa shape index (κ1) is 25.3. The van der Waals surface area contributed by atoms with E-state index in [-0.39, 0.29) is 11.7 Å². The quantitative estimate of drug-likeness (QED) is 0.173. The molecule has 0 radical (unpaired) electrons. The minimum Gasteiger partial charge on any atom is -0.497 e. The highest BCUT2D eigenvalue weighted by atomic mass is 16.5. The van der Waals surface area contributed by atoms with Crippen molar-refractivity contribution in [1.29, 1.82) is 5.41 Å². The van der Waals surface area contributed by atoms with Crippen LogP contribution in [0.4, 0.5) is 5.69 Å². The number of hydrogen-bond donors (Lipinski definition) is 4. The Morgan fingerprint density at radius 2 is 1.49 bits per heavy atom. The van der Waals surface area contributed by atoms with Gasteiger partial charge in [0.25, 0.3) is 0 Å². The molecular weight excluding hydrogens is 464 g/mol. The van der Waals surface area contributed by atoms with Gasteiger partial charge in [0, 0.05) is 23.9 Å². The number of carbonyl (C=O) groups excluding carboxylic acids is 1. The maximum absolute atomic E-state index is 13.5. The van der Waals surface area contributed by atoms with Crippen molar-refractivity contribution in [3.8, 4) is 11.5 Å². The molecule has 7 nitrogen and oxygen atoms in total. The van der Waals surface area contributed by atoms with Crippen molar-refractivity contribution < 1.29 is 14.3 Å². The fourth-order valence-electron chi connectivity index (χ4n) is 3.80. The summed E-state index contributed by atoms with van der Waals surface area (Å²) in [6.45, 7) is 0.778. The van der Waals surface area contributed by atoms with E-state index in [4.69, 9.17) is 20.6 Å². The molecular formula is C30H30N4O3. The predicted molar refractivity (Wildman–Crippen MR) is 146 cm³/mol. The van der Waals surface area contributed by atoms with Crippen molar-refractivity contribution in [2.75, 3.05) is 12.4 Å². The van der Waals surface area contributed by atoms with Gasteiger partial charge in [0.05, 0.1) is 7.11 Å². The van der Waals surface area contributed by atoms with Crippen LogP contribution in [0.2, 0.25) is 0 Å². The van der Waals surface area contributed by atoms with Crippen molar-refractivity contribution >= 4 is 17.4 Å². The van der Waals surface area contributed by atoms with Gasteiger partial charge in [0.2, 0.25) is 5.91 Å². The summed E-state index contributed by atoms with van der Waals surface area (Å²) < 4.78 is 11.6. The molecule has 0 bridgehead atoms. The molecule has 1 amide bonds. The zero-order valence-electron chi connectivity index (χ0n) is 20.6. The summed E-state index contributed by atoms with van der Waals surface area (Å²) in [5.74, 6) is 0.946. The normalized spacial score (nSPS) is 11.3. The van der Waals surface area contributed by atoms with Gasteiger partial charge in [-0.25, -0.2) is 0 Å². The molecule has 4 rings (SSSR count). The second-order valence-electron chi connectivity index (χ2n) is 8.49. The molecule has 0 unspecified atom stereocenters. The number of nitrogens with two attached hydrogens (primary N) is 1. The molecule has 5 N–H and O–H groups in total. The molecule has 7 heteroatoms. The van der Waals surface area contributed by atoms with Gasteiger partial charge in [-0.3, -0.25) is 10.2 Å². The van der Waals surface area contributed by atoms with E-state index in [1.807, 2.05) is 72.8 Å². The maximum atomic E-state index is 13.5. The molecule has 0 spiro atoms. The summed E-state index contributed by atoms with van der Waals surface area (Å²) in [5, 5.41) is 14.0. The minimum atomic E-state index is -0.735. The highest BCUT2D eigenvalue weighted by Crippen LogP contribution is 2.30. The van der Waals surface area contributed by atoms with Crippen LogP contribution in [-0.2, 0) is 17.9 Å². The van der Waals surface area contributed by atoms with Crippen LogP contribution < -0.4 is 25.8 Å². The molecule has 0 saturated carbocycles. The number of amides is 1. The monoisotopic (exact) mass is 494 g/mol. The molecule has 37 heavy (non-hydrogen) atoms. The Hall–Kier alpha value is -4.78. The summed E-state index contributed by atoms with van der Waals surface area (Å²) in [4.78, 5) is 13.5. The van der Waals surface area contributed by atoms with Crippen LogP contribution in [0.15, 0.2) is 103 Å². The van der Waals surface area contributed by atoms with Crippen LogP contribution >= 0.6 is 0 Å². The summed E-state index contributed by atoms with van der Waals surface area (Å²) in [6, 6.07) is 31.4. The van der Waals surface area contributed by atoms with Crippen LogP contribution in [0.5, 0.6) is 11.5 Å². The van der Waals surface area contributed by atoms with E-state index in [1.165, 1.54) is 0 Å². The van der Waals surface area contributed by atoms with E-state index < -0.39 is 6.04 Å². The van der Waals surface area contributed by atoms with E-state index >= 15 is 0 Å². The number of anilines is 1. The smallest absolute Gasteiger partial charge is 0.247 e. The van der Waals surface area contributed by atoms with Gasteiger partial charge in [0.1, 0.15) is 30.0 Å². The van der Waals surface area contributed by atoms with E-state index in [1.54, 1.807) is 37.4 Å². The fourth-order valence-corrected chi connectivity index (χ4v) is 3.80. The number of amidine groups is 1. The molecule has 0 heterocycles. The average molecular weight is 495 g/mol. The Morgan fingerprint density at radius 3 is 2.11 bits per heavy atom. The minimum absolute atomic E-state index is 0.0169. The molecule has 188 valence electrons.